The van der Waals surface area contributed by atoms with E-state index in [2.05, 4.69) is 31.1 Å². The molecule has 0 radical (unpaired) electrons. The third-order valence-electron chi connectivity index (χ3n) is 3.63. The van der Waals surface area contributed by atoms with E-state index in [1.165, 1.54) is 11.1 Å². The lowest BCUT2D eigenvalue weighted by Crippen LogP contribution is -1.89. The van der Waals surface area contributed by atoms with Crippen LogP contribution in [0, 0.1) is 13.8 Å². The molecule has 3 nitrogen and oxygen atoms in total. The molecule has 0 aliphatic rings. The van der Waals surface area contributed by atoms with Crippen molar-refractivity contribution in [3.8, 4) is 22.4 Å². The number of nitrogen functional groups attached to an aromatic ring is 1. The highest BCUT2D eigenvalue weighted by Crippen LogP contribution is 2.37. The maximum atomic E-state index is 5.97. The smallest absolute Gasteiger partial charge is 0.230 e. The van der Waals surface area contributed by atoms with Gasteiger partial charge in [-0.15, -0.1) is 0 Å². The van der Waals surface area contributed by atoms with Crippen LogP contribution in [-0.2, 0) is 0 Å². The van der Waals surface area contributed by atoms with E-state index >= 15 is 0 Å². The van der Waals surface area contributed by atoms with Crippen LogP contribution in [0.3, 0.4) is 0 Å². The summed E-state index contributed by atoms with van der Waals surface area (Å²) in [4.78, 5) is 0. The van der Waals surface area contributed by atoms with Crippen LogP contribution in [0.1, 0.15) is 11.1 Å². The number of benzene rings is 2. The Hall–Kier alpha value is -2.26. The molecule has 3 rings (SSSR count). The van der Waals surface area contributed by atoms with Crippen LogP contribution in [0.25, 0.3) is 22.4 Å². The van der Waals surface area contributed by atoms with E-state index in [4.69, 9.17) is 21.9 Å². The number of rotatable bonds is 2. The van der Waals surface area contributed by atoms with Crippen molar-refractivity contribution in [2.24, 2.45) is 0 Å². The Labute approximate surface area is 128 Å². The van der Waals surface area contributed by atoms with E-state index in [0.717, 1.165) is 22.4 Å². The number of aryl methyl sites for hydroxylation is 2. The van der Waals surface area contributed by atoms with Crippen LogP contribution < -0.4 is 5.73 Å². The van der Waals surface area contributed by atoms with Gasteiger partial charge in [0.15, 0.2) is 0 Å². The molecular formula is C17H15ClN2O. The van der Waals surface area contributed by atoms with Gasteiger partial charge in [0.2, 0.25) is 5.88 Å². The number of nitrogens with zero attached hydrogens (tertiary/aromatic N) is 1. The van der Waals surface area contributed by atoms with Crippen molar-refractivity contribution < 1.29 is 4.52 Å². The fourth-order valence-electron chi connectivity index (χ4n) is 2.28. The van der Waals surface area contributed by atoms with Gasteiger partial charge in [-0.25, -0.2) is 0 Å². The molecule has 3 aromatic rings. The summed E-state index contributed by atoms with van der Waals surface area (Å²) in [7, 11) is 0. The standard InChI is InChI=1S/C17H15ClN2O/c1-10-3-4-13(9-11(10)2)15-16(20-21-17(15)19)12-5-7-14(18)8-6-12/h3-9H,19H2,1-2H3. The quantitative estimate of drug-likeness (QED) is 0.735. The monoisotopic (exact) mass is 298 g/mol. The molecule has 0 bridgehead atoms. The summed E-state index contributed by atoms with van der Waals surface area (Å²) in [6, 6.07) is 13.7. The van der Waals surface area contributed by atoms with E-state index in [9.17, 15) is 0 Å². The Bertz CT molecular complexity index is 791. The Morgan fingerprint density at radius 3 is 2.29 bits per heavy atom. The normalized spacial score (nSPS) is 10.8. The van der Waals surface area contributed by atoms with E-state index in [1.54, 1.807) is 0 Å². The van der Waals surface area contributed by atoms with E-state index < -0.39 is 0 Å². The molecule has 0 saturated carbocycles. The summed E-state index contributed by atoms with van der Waals surface area (Å²) >= 11 is 5.93. The highest BCUT2D eigenvalue weighted by atomic mass is 35.5. The van der Waals surface area contributed by atoms with Crippen molar-refractivity contribution in [3.63, 3.8) is 0 Å². The third kappa shape index (κ3) is 2.52. The summed E-state index contributed by atoms with van der Waals surface area (Å²) in [6.45, 7) is 4.15. The van der Waals surface area contributed by atoms with E-state index in [1.807, 2.05) is 30.3 Å². The molecule has 2 aromatic carbocycles. The van der Waals surface area contributed by atoms with Crippen molar-refractivity contribution in [2.45, 2.75) is 13.8 Å². The molecule has 2 N–H and O–H groups in total. The second kappa shape index (κ2) is 5.26. The summed E-state index contributed by atoms with van der Waals surface area (Å²) < 4.78 is 5.20. The molecule has 0 saturated heterocycles. The molecule has 1 heterocycles. The van der Waals surface area contributed by atoms with Crippen molar-refractivity contribution in [1.82, 2.24) is 5.16 Å². The number of aromatic nitrogens is 1. The van der Waals surface area contributed by atoms with E-state index in [-0.39, 0.29) is 0 Å². The van der Waals surface area contributed by atoms with Gasteiger partial charge >= 0.3 is 0 Å². The first-order chi connectivity index (χ1) is 10.1. The van der Waals surface area contributed by atoms with Crippen molar-refractivity contribution >= 4 is 17.5 Å². The van der Waals surface area contributed by atoms with Gasteiger partial charge in [0.25, 0.3) is 0 Å². The molecule has 0 amide bonds. The topological polar surface area (TPSA) is 52.0 Å². The average molecular weight is 299 g/mol. The summed E-state index contributed by atoms with van der Waals surface area (Å²) in [5.74, 6) is 0.322. The predicted octanol–water partition coefficient (Wildman–Crippen LogP) is 4.86. The zero-order valence-electron chi connectivity index (χ0n) is 11.9. The SMILES string of the molecule is Cc1ccc(-c2c(-c3ccc(Cl)cc3)noc2N)cc1C. The van der Waals surface area contributed by atoms with Gasteiger partial charge in [-0.1, -0.05) is 47.1 Å². The molecule has 106 valence electrons. The van der Waals surface area contributed by atoms with Crippen molar-refractivity contribution in [2.75, 3.05) is 5.73 Å². The largest absolute Gasteiger partial charge is 0.367 e. The maximum Gasteiger partial charge on any atom is 0.230 e. The Balaban J connectivity index is 2.16. The Morgan fingerprint density at radius 2 is 1.62 bits per heavy atom. The maximum absolute atomic E-state index is 5.97. The zero-order chi connectivity index (χ0) is 15.0. The number of halogens is 1. The molecule has 0 spiro atoms. The number of anilines is 1. The third-order valence-corrected chi connectivity index (χ3v) is 3.88. The van der Waals surface area contributed by atoms with Crippen LogP contribution >= 0.6 is 11.6 Å². The molecule has 0 unspecified atom stereocenters. The molecular weight excluding hydrogens is 284 g/mol. The van der Waals surface area contributed by atoms with Gasteiger partial charge in [0.1, 0.15) is 5.69 Å². The fourth-order valence-corrected chi connectivity index (χ4v) is 2.41. The first-order valence-corrected chi connectivity index (χ1v) is 7.03. The predicted molar refractivity (Wildman–Crippen MR) is 86.3 cm³/mol. The summed E-state index contributed by atoms with van der Waals surface area (Å²) in [5, 5.41) is 4.78. The molecule has 0 atom stereocenters. The summed E-state index contributed by atoms with van der Waals surface area (Å²) in [6.07, 6.45) is 0. The molecule has 0 aliphatic heterocycles. The second-order valence-electron chi connectivity index (χ2n) is 5.08. The average Bonchev–Trinajstić information content (AvgIpc) is 2.85. The Kier molecular flexibility index (Phi) is 3.43. The zero-order valence-corrected chi connectivity index (χ0v) is 12.6. The number of nitrogens with two attached hydrogens (primary N) is 1. The molecule has 21 heavy (non-hydrogen) atoms. The Morgan fingerprint density at radius 1 is 0.952 bits per heavy atom. The molecule has 0 aliphatic carbocycles. The van der Waals surface area contributed by atoms with E-state index in [0.29, 0.717) is 10.9 Å². The molecule has 0 fully saturated rings. The van der Waals surface area contributed by atoms with Crippen molar-refractivity contribution in [1.29, 1.82) is 0 Å². The fraction of sp³-hybridized carbons (Fsp3) is 0.118. The molecule has 4 heteroatoms. The van der Waals surface area contributed by atoms with Crippen LogP contribution in [0.15, 0.2) is 47.0 Å². The minimum Gasteiger partial charge on any atom is -0.367 e. The van der Waals surface area contributed by atoms with Gasteiger partial charge in [0.05, 0.1) is 5.56 Å². The van der Waals surface area contributed by atoms with Gasteiger partial charge < -0.3 is 10.3 Å². The number of hydrogen-bond acceptors (Lipinski definition) is 3. The lowest BCUT2D eigenvalue weighted by molar-refractivity contribution is 0.439. The highest BCUT2D eigenvalue weighted by molar-refractivity contribution is 6.30. The highest BCUT2D eigenvalue weighted by Gasteiger charge is 2.17. The second-order valence-corrected chi connectivity index (χ2v) is 5.51. The summed E-state index contributed by atoms with van der Waals surface area (Å²) in [5.41, 5.74) is 11.9. The minimum absolute atomic E-state index is 0.322. The van der Waals surface area contributed by atoms with Gasteiger partial charge in [-0.05, 0) is 42.7 Å². The van der Waals surface area contributed by atoms with Crippen LogP contribution in [0.5, 0.6) is 0 Å². The first kappa shape index (κ1) is 13.7. The van der Waals surface area contributed by atoms with Gasteiger partial charge in [-0.2, -0.15) is 0 Å². The lowest BCUT2D eigenvalue weighted by Gasteiger charge is -2.06. The van der Waals surface area contributed by atoms with Crippen LogP contribution in [0.4, 0.5) is 5.88 Å². The number of hydrogen-bond donors (Lipinski definition) is 1. The minimum atomic E-state index is 0.322. The molecule has 1 aromatic heterocycles. The van der Waals surface area contributed by atoms with Crippen LogP contribution in [0.2, 0.25) is 5.02 Å². The van der Waals surface area contributed by atoms with Gasteiger partial charge in [-0.3, -0.25) is 0 Å². The first-order valence-electron chi connectivity index (χ1n) is 6.65. The van der Waals surface area contributed by atoms with Gasteiger partial charge in [0, 0.05) is 10.6 Å². The van der Waals surface area contributed by atoms with Crippen molar-refractivity contribution in [3.05, 3.63) is 58.6 Å². The van der Waals surface area contributed by atoms with Crippen LogP contribution in [-0.4, -0.2) is 5.16 Å². The lowest BCUT2D eigenvalue weighted by atomic mass is 9.98.